The highest BCUT2D eigenvalue weighted by Crippen LogP contribution is 2.23. The van der Waals surface area contributed by atoms with Gasteiger partial charge in [-0.05, 0) is 36.4 Å². The molecule has 0 spiro atoms. The molecule has 0 radical (unpaired) electrons. The molecule has 3 aromatic rings. The maximum absolute atomic E-state index is 12.3. The number of nitrogens with zero attached hydrogens (tertiary/aromatic N) is 1. The molecule has 0 saturated heterocycles. The largest absolute Gasteiger partial charge is 0.481 e. The van der Waals surface area contributed by atoms with Crippen molar-refractivity contribution in [2.24, 2.45) is 0 Å². The number of rotatable bonds is 4. The molecular formula is C19H14BrNO2. The second-order valence-electron chi connectivity index (χ2n) is 4.99. The quantitative estimate of drug-likeness (QED) is 0.486. The number of pyridine rings is 1. The van der Waals surface area contributed by atoms with Gasteiger partial charge in [0.15, 0.2) is 5.78 Å². The minimum absolute atomic E-state index is 0.0680. The number of hydrogen-bond donors (Lipinski definition) is 0. The van der Waals surface area contributed by atoms with Crippen LogP contribution in [0.25, 0.3) is 17.0 Å². The van der Waals surface area contributed by atoms with E-state index < -0.39 is 0 Å². The summed E-state index contributed by atoms with van der Waals surface area (Å²) in [6.45, 7) is 0. The Morgan fingerprint density at radius 2 is 1.96 bits per heavy atom. The molecule has 0 aliphatic rings. The molecule has 0 aliphatic heterocycles. The number of para-hydroxylation sites is 1. The molecule has 3 nitrogen and oxygen atoms in total. The Kier molecular flexibility index (Phi) is 4.53. The average molecular weight is 368 g/mol. The fourth-order valence-corrected chi connectivity index (χ4v) is 2.70. The Morgan fingerprint density at radius 3 is 2.74 bits per heavy atom. The van der Waals surface area contributed by atoms with Crippen molar-refractivity contribution in [3.63, 3.8) is 0 Å². The standard InChI is InChI=1S/C19H14BrNO2/c1-23-19-15(11-13-5-2-3-8-17(13)21-19)9-10-18(22)14-6-4-7-16(20)12-14/h2-12H,1H3. The Balaban J connectivity index is 1.95. The molecule has 0 N–H and O–H groups in total. The van der Waals surface area contributed by atoms with Crippen LogP contribution in [0, 0.1) is 0 Å². The van der Waals surface area contributed by atoms with Crippen molar-refractivity contribution in [2.75, 3.05) is 7.11 Å². The van der Waals surface area contributed by atoms with Crippen LogP contribution in [0.1, 0.15) is 15.9 Å². The number of ether oxygens (including phenoxy) is 1. The van der Waals surface area contributed by atoms with Crippen LogP contribution in [0.5, 0.6) is 5.88 Å². The van der Waals surface area contributed by atoms with Gasteiger partial charge in [0.05, 0.1) is 12.6 Å². The smallest absolute Gasteiger partial charge is 0.221 e. The number of allylic oxidation sites excluding steroid dienone is 1. The Hall–Kier alpha value is -2.46. The fraction of sp³-hybridized carbons (Fsp3) is 0.0526. The van der Waals surface area contributed by atoms with E-state index in [0.29, 0.717) is 11.4 Å². The average Bonchev–Trinajstić information content (AvgIpc) is 2.58. The van der Waals surface area contributed by atoms with Crippen molar-refractivity contribution < 1.29 is 9.53 Å². The van der Waals surface area contributed by atoms with E-state index in [1.165, 1.54) is 6.08 Å². The Labute approximate surface area is 142 Å². The first-order valence-corrected chi connectivity index (χ1v) is 7.88. The molecule has 0 fully saturated rings. The zero-order valence-corrected chi connectivity index (χ0v) is 14.1. The lowest BCUT2D eigenvalue weighted by Gasteiger charge is -2.06. The van der Waals surface area contributed by atoms with Gasteiger partial charge in [-0.25, -0.2) is 4.98 Å². The molecule has 2 aromatic carbocycles. The molecule has 0 unspecified atom stereocenters. The number of fused-ring (bicyclic) bond motifs is 1. The predicted molar refractivity (Wildman–Crippen MR) is 95.8 cm³/mol. The number of halogens is 1. The van der Waals surface area contributed by atoms with Crippen LogP contribution < -0.4 is 4.74 Å². The molecule has 4 heteroatoms. The second kappa shape index (κ2) is 6.75. The van der Waals surface area contributed by atoms with E-state index in [4.69, 9.17) is 4.74 Å². The highest BCUT2D eigenvalue weighted by Gasteiger charge is 2.06. The van der Waals surface area contributed by atoms with Gasteiger partial charge in [-0.2, -0.15) is 0 Å². The zero-order valence-electron chi connectivity index (χ0n) is 12.5. The molecule has 114 valence electrons. The topological polar surface area (TPSA) is 39.2 Å². The molecule has 0 aliphatic carbocycles. The van der Waals surface area contributed by atoms with Crippen LogP contribution in [-0.4, -0.2) is 17.9 Å². The minimum Gasteiger partial charge on any atom is -0.481 e. The summed E-state index contributed by atoms with van der Waals surface area (Å²) >= 11 is 3.37. The van der Waals surface area contributed by atoms with Gasteiger partial charge in [0.1, 0.15) is 0 Å². The Morgan fingerprint density at radius 1 is 1.13 bits per heavy atom. The lowest BCUT2D eigenvalue weighted by molar-refractivity contribution is 0.104. The molecule has 23 heavy (non-hydrogen) atoms. The summed E-state index contributed by atoms with van der Waals surface area (Å²) in [5.74, 6) is 0.434. The first-order valence-electron chi connectivity index (χ1n) is 7.09. The van der Waals surface area contributed by atoms with E-state index in [0.717, 1.165) is 20.9 Å². The van der Waals surface area contributed by atoms with Crippen LogP contribution >= 0.6 is 15.9 Å². The lowest BCUT2D eigenvalue weighted by Crippen LogP contribution is -1.95. The van der Waals surface area contributed by atoms with Gasteiger partial charge in [-0.1, -0.05) is 46.3 Å². The number of methoxy groups -OCH3 is 1. The SMILES string of the molecule is COc1nc2ccccc2cc1C=CC(=O)c1cccc(Br)c1. The maximum atomic E-state index is 12.3. The van der Waals surface area contributed by atoms with Gasteiger partial charge in [0.25, 0.3) is 0 Å². The van der Waals surface area contributed by atoms with Gasteiger partial charge in [-0.3, -0.25) is 4.79 Å². The number of carbonyl (C=O) groups excluding carboxylic acids is 1. The fourth-order valence-electron chi connectivity index (χ4n) is 2.30. The lowest BCUT2D eigenvalue weighted by atomic mass is 10.1. The van der Waals surface area contributed by atoms with Crippen LogP contribution in [0.4, 0.5) is 0 Å². The van der Waals surface area contributed by atoms with E-state index >= 15 is 0 Å². The van der Waals surface area contributed by atoms with Crippen LogP contribution in [-0.2, 0) is 0 Å². The molecule has 3 rings (SSSR count). The number of hydrogen-bond acceptors (Lipinski definition) is 3. The molecule has 0 bridgehead atoms. The van der Waals surface area contributed by atoms with Gasteiger partial charge in [-0.15, -0.1) is 0 Å². The summed E-state index contributed by atoms with van der Waals surface area (Å²) in [4.78, 5) is 16.7. The van der Waals surface area contributed by atoms with E-state index in [1.807, 2.05) is 42.5 Å². The summed E-state index contributed by atoms with van der Waals surface area (Å²) in [6.07, 6.45) is 3.28. The van der Waals surface area contributed by atoms with Crippen molar-refractivity contribution in [1.29, 1.82) is 0 Å². The van der Waals surface area contributed by atoms with Gasteiger partial charge >= 0.3 is 0 Å². The molecule has 0 atom stereocenters. The van der Waals surface area contributed by atoms with E-state index in [2.05, 4.69) is 20.9 Å². The molecule has 0 saturated carbocycles. The summed E-state index contributed by atoms with van der Waals surface area (Å²) in [7, 11) is 1.57. The van der Waals surface area contributed by atoms with Crippen LogP contribution in [0.15, 0.2) is 65.1 Å². The Bertz CT molecular complexity index is 903. The van der Waals surface area contributed by atoms with Gasteiger partial charge in [0.2, 0.25) is 5.88 Å². The normalized spacial score (nSPS) is 11.0. The molecule has 1 heterocycles. The van der Waals surface area contributed by atoms with Crippen LogP contribution in [0.2, 0.25) is 0 Å². The van der Waals surface area contributed by atoms with Crippen molar-refractivity contribution in [3.8, 4) is 5.88 Å². The summed E-state index contributed by atoms with van der Waals surface area (Å²) in [6, 6.07) is 17.1. The van der Waals surface area contributed by atoms with E-state index in [-0.39, 0.29) is 5.78 Å². The number of benzene rings is 2. The molecule has 1 aromatic heterocycles. The van der Waals surface area contributed by atoms with E-state index in [9.17, 15) is 4.79 Å². The monoisotopic (exact) mass is 367 g/mol. The predicted octanol–water partition coefficient (Wildman–Crippen LogP) is 4.90. The summed E-state index contributed by atoms with van der Waals surface area (Å²) < 4.78 is 6.21. The third kappa shape index (κ3) is 3.48. The molecular weight excluding hydrogens is 354 g/mol. The maximum Gasteiger partial charge on any atom is 0.221 e. The van der Waals surface area contributed by atoms with Crippen LogP contribution in [0.3, 0.4) is 0 Å². The number of carbonyl (C=O) groups is 1. The number of aromatic nitrogens is 1. The first-order chi connectivity index (χ1) is 11.2. The van der Waals surface area contributed by atoms with Crippen molar-refractivity contribution in [2.45, 2.75) is 0 Å². The van der Waals surface area contributed by atoms with E-state index in [1.54, 1.807) is 25.3 Å². The summed E-state index contributed by atoms with van der Waals surface area (Å²) in [5, 5.41) is 1.00. The zero-order chi connectivity index (χ0) is 16.2. The summed E-state index contributed by atoms with van der Waals surface area (Å²) in [5.41, 5.74) is 2.26. The third-order valence-electron chi connectivity index (χ3n) is 3.43. The molecule has 0 amide bonds. The van der Waals surface area contributed by atoms with Crippen molar-refractivity contribution >= 4 is 38.7 Å². The first kappa shape index (κ1) is 15.4. The second-order valence-corrected chi connectivity index (χ2v) is 5.90. The number of ketones is 1. The van der Waals surface area contributed by atoms with Crippen molar-refractivity contribution in [3.05, 3.63) is 76.3 Å². The highest BCUT2D eigenvalue weighted by molar-refractivity contribution is 9.10. The van der Waals surface area contributed by atoms with Crippen molar-refractivity contribution in [1.82, 2.24) is 4.98 Å². The minimum atomic E-state index is -0.0680. The highest BCUT2D eigenvalue weighted by atomic mass is 79.9. The van der Waals surface area contributed by atoms with Gasteiger partial charge < -0.3 is 4.74 Å². The third-order valence-corrected chi connectivity index (χ3v) is 3.93. The van der Waals surface area contributed by atoms with Gasteiger partial charge in [0, 0.05) is 21.0 Å².